The molecule has 6 nitrogen and oxygen atoms in total. The van der Waals surface area contributed by atoms with Gasteiger partial charge in [-0.1, -0.05) is 30.3 Å². The second kappa shape index (κ2) is 7.36. The first-order chi connectivity index (χ1) is 13.7. The van der Waals surface area contributed by atoms with Gasteiger partial charge >= 0.3 is 0 Å². The maximum absolute atomic E-state index is 11.0. The Morgan fingerprint density at radius 1 is 0.857 bits per heavy atom. The van der Waals surface area contributed by atoms with Crippen molar-refractivity contribution in [1.29, 1.82) is 0 Å². The van der Waals surface area contributed by atoms with Crippen molar-refractivity contribution >= 4 is 5.69 Å². The number of ether oxygens (including phenoxy) is 1. The second-order valence-electron chi connectivity index (χ2n) is 6.21. The Kier molecular flexibility index (Phi) is 4.60. The third kappa shape index (κ3) is 3.35. The molecule has 0 aliphatic heterocycles. The number of aromatic amines is 1. The molecule has 4 rings (SSSR count). The van der Waals surface area contributed by atoms with Gasteiger partial charge in [0.15, 0.2) is 0 Å². The fraction of sp³-hybridized carbons (Fsp3) is 0.0455. The lowest BCUT2D eigenvalue weighted by atomic mass is 10.0. The third-order valence-corrected chi connectivity index (χ3v) is 4.48. The van der Waals surface area contributed by atoms with E-state index in [4.69, 9.17) is 9.72 Å². The largest absolute Gasteiger partial charge is 0.497 e. The van der Waals surface area contributed by atoms with Crippen LogP contribution in [-0.4, -0.2) is 22.0 Å². The molecule has 0 aliphatic rings. The number of nitrogens with zero attached hydrogens (tertiary/aromatic N) is 2. The van der Waals surface area contributed by atoms with Gasteiger partial charge in [-0.15, -0.1) is 0 Å². The molecule has 28 heavy (non-hydrogen) atoms. The first-order valence-electron chi connectivity index (χ1n) is 8.70. The highest BCUT2D eigenvalue weighted by Gasteiger charge is 2.16. The maximum Gasteiger partial charge on any atom is 0.269 e. The van der Waals surface area contributed by atoms with E-state index in [1.54, 1.807) is 19.2 Å². The number of hydrogen-bond donors (Lipinski definition) is 1. The minimum Gasteiger partial charge on any atom is -0.497 e. The van der Waals surface area contributed by atoms with Crippen molar-refractivity contribution in [3.05, 3.63) is 89.0 Å². The molecule has 0 bridgehead atoms. The van der Waals surface area contributed by atoms with Gasteiger partial charge in [-0.25, -0.2) is 4.98 Å². The van der Waals surface area contributed by atoms with E-state index < -0.39 is 4.92 Å². The number of nitrogens with one attached hydrogen (secondary N) is 1. The summed E-state index contributed by atoms with van der Waals surface area (Å²) >= 11 is 0. The van der Waals surface area contributed by atoms with Crippen molar-refractivity contribution in [2.24, 2.45) is 0 Å². The molecule has 1 heterocycles. The molecule has 0 saturated heterocycles. The van der Waals surface area contributed by atoms with Crippen molar-refractivity contribution in [3.8, 4) is 39.7 Å². The standard InChI is InChI=1S/C22H17N3O3/c1-28-19-13-9-17(10-14-19)22-23-20(15-5-3-2-4-6-15)21(24-22)16-7-11-18(12-8-16)25(26)27/h2-14H,1H3,(H,23,24). The average Bonchev–Trinajstić information content (AvgIpc) is 3.20. The summed E-state index contributed by atoms with van der Waals surface area (Å²) in [6.07, 6.45) is 0. The number of non-ortho nitro benzene ring substituents is 1. The summed E-state index contributed by atoms with van der Waals surface area (Å²) in [7, 11) is 1.63. The van der Waals surface area contributed by atoms with Crippen LogP contribution >= 0.6 is 0 Å². The van der Waals surface area contributed by atoms with Crippen molar-refractivity contribution in [1.82, 2.24) is 9.97 Å². The Labute approximate surface area is 161 Å². The van der Waals surface area contributed by atoms with E-state index in [2.05, 4.69) is 4.98 Å². The van der Waals surface area contributed by atoms with Gasteiger partial charge in [-0.05, 0) is 36.4 Å². The average molecular weight is 371 g/mol. The smallest absolute Gasteiger partial charge is 0.269 e. The Hall–Kier alpha value is -3.93. The minimum atomic E-state index is -0.405. The van der Waals surface area contributed by atoms with Crippen LogP contribution in [0, 0.1) is 10.1 Å². The SMILES string of the molecule is COc1ccc(-c2nc(-c3ccccc3)c(-c3ccc([N+](=O)[O-])cc3)[nH]2)cc1. The van der Waals surface area contributed by atoms with Crippen molar-refractivity contribution in [2.45, 2.75) is 0 Å². The fourth-order valence-electron chi connectivity index (χ4n) is 3.02. The number of methoxy groups -OCH3 is 1. The van der Waals surface area contributed by atoms with Crippen molar-refractivity contribution in [2.75, 3.05) is 7.11 Å². The number of H-pyrrole nitrogens is 1. The lowest BCUT2D eigenvalue weighted by Crippen LogP contribution is -1.88. The highest BCUT2D eigenvalue weighted by molar-refractivity contribution is 5.81. The Balaban J connectivity index is 1.83. The topological polar surface area (TPSA) is 81.1 Å². The van der Waals surface area contributed by atoms with Crippen LogP contribution in [0.5, 0.6) is 5.75 Å². The van der Waals surface area contributed by atoms with Crippen LogP contribution in [-0.2, 0) is 0 Å². The molecule has 1 N–H and O–H groups in total. The second-order valence-corrected chi connectivity index (χ2v) is 6.21. The zero-order valence-electron chi connectivity index (χ0n) is 15.1. The highest BCUT2D eigenvalue weighted by Crippen LogP contribution is 2.34. The Morgan fingerprint density at radius 3 is 2.11 bits per heavy atom. The summed E-state index contributed by atoms with van der Waals surface area (Å²) in [6, 6.07) is 23.9. The van der Waals surface area contributed by atoms with E-state index >= 15 is 0 Å². The van der Waals surface area contributed by atoms with E-state index in [-0.39, 0.29) is 5.69 Å². The molecule has 0 radical (unpaired) electrons. The summed E-state index contributed by atoms with van der Waals surface area (Å²) < 4.78 is 5.22. The van der Waals surface area contributed by atoms with Gasteiger partial charge in [-0.3, -0.25) is 10.1 Å². The molecule has 0 amide bonds. The molecular weight excluding hydrogens is 354 g/mol. The Bertz CT molecular complexity index is 1100. The lowest BCUT2D eigenvalue weighted by molar-refractivity contribution is -0.384. The number of nitro groups is 1. The Morgan fingerprint density at radius 2 is 1.50 bits per heavy atom. The fourth-order valence-corrected chi connectivity index (χ4v) is 3.02. The molecule has 1 aromatic heterocycles. The normalized spacial score (nSPS) is 10.6. The number of aromatic nitrogens is 2. The van der Waals surface area contributed by atoms with E-state index in [9.17, 15) is 10.1 Å². The molecule has 6 heteroatoms. The van der Waals surface area contributed by atoms with E-state index in [0.29, 0.717) is 0 Å². The molecule has 0 fully saturated rings. The van der Waals surface area contributed by atoms with Crippen LogP contribution in [0.3, 0.4) is 0 Å². The van der Waals surface area contributed by atoms with Crippen LogP contribution in [0.4, 0.5) is 5.69 Å². The van der Waals surface area contributed by atoms with Crippen LogP contribution in [0.15, 0.2) is 78.9 Å². The quantitative estimate of drug-likeness (QED) is 0.380. The van der Waals surface area contributed by atoms with Crippen LogP contribution in [0.25, 0.3) is 33.9 Å². The zero-order chi connectivity index (χ0) is 19.5. The van der Waals surface area contributed by atoms with Gasteiger partial charge in [0.2, 0.25) is 0 Å². The number of benzene rings is 3. The molecule has 3 aromatic carbocycles. The lowest BCUT2D eigenvalue weighted by Gasteiger charge is -2.03. The number of nitro benzene ring substituents is 1. The zero-order valence-corrected chi connectivity index (χ0v) is 15.1. The first-order valence-corrected chi connectivity index (χ1v) is 8.70. The monoisotopic (exact) mass is 371 g/mol. The number of hydrogen-bond acceptors (Lipinski definition) is 4. The van der Waals surface area contributed by atoms with Gasteiger partial charge in [0.05, 0.1) is 23.4 Å². The molecule has 0 spiro atoms. The van der Waals surface area contributed by atoms with Gasteiger partial charge in [0, 0.05) is 28.8 Å². The summed E-state index contributed by atoms with van der Waals surface area (Å²) in [6.45, 7) is 0. The van der Waals surface area contributed by atoms with Crippen molar-refractivity contribution in [3.63, 3.8) is 0 Å². The predicted octanol–water partition coefficient (Wildman–Crippen LogP) is 5.33. The summed E-state index contributed by atoms with van der Waals surface area (Å²) in [4.78, 5) is 18.7. The van der Waals surface area contributed by atoms with Gasteiger partial charge in [0.1, 0.15) is 11.6 Å². The third-order valence-electron chi connectivity index (χ3n) is 4.48. The van der Waals surface area contributed by atoms with Crippen LogP contribution in [0.1, 0.15) is 0 Å². The summed E-state index contributed by atoms with van der Waals surface area (Å²) in [5.41, 5.74) is 4.38. The summed E-state index contributed by atoms with van der Waals surface area (Å²) in [5.74, 6) is 1.49. The maximum atomic E-state index is 11.0. The summed E-state index contributed by atoms with van der Waals surface area (Å²) in [5, 5.41) is 11.0. The van der Waals surface area contributed by atoms with Crippen LogP contribution in [0.2, 0.25) is 0 Å². The molecule has 0 atom stereocenters. The minimum absolute atomic E-state index is 0.0555. The number of imidazole rings is 1. The van der Waals surface area contributed by atoms with E-state index in [0.717, 1.165) is 39.7 Å². The predicted molar refractivity (Wildman–Crippen MR) is 108 cm³/mol. The molecule has 138 valence electrons. The van der Waals surface area contributed by atoms with Crippen LogP contribution < -0.4 is 4.74 Å². The molecule has 0 saturated carbocycles. The first kappa shape index (κ1) is 17.5. The molecule has 0 aliphatic carbocycles. The molecular formula is C22H17N3O3. The molecule has 4 aromatic rings. The highest BCUT2D eigenvalue weighted by atomic mass is 16.6. The van der Waals surface area contributed by atoms with Gasteiger partial charge in [-0.2, -0.15) is 0 Å². The van der Waals surface area contributed by atoms with Crippen molar-refractivity contribution < 1.29 is 9.66 Å². The van der Waals surface area contributed by atoms with E-state index in [1.165, 1.54) is 12.1 Å². The van der Waals surface area contributed by atoms with Gasteiger partial charge < -0.3 is 9.72 Å². The number of rotatable bonds is 5. The molecule has 0 unspecified atom stereocenters. The van der Waals surface area contributed by atoms with Gasteiger partial charge in [0.25, 0.3) is 5.69 Å². The van der Waals surface area contributed by atoms with E-state index in [1.807, 2.05) is 54.6 Å².